The molecule has 0 atom stereocenters. The van der Waals surface area contributed by atoms with Crippen molar-refractivity contribution in [3.63, 3.8) is 0 Å². The van der Waals surface area contributed by atoms with Gasteiger partial charge in [0.1, 0.15) is 11.6 Å². The Bertz CT molecular complexity index is 895. The number of carbonyl (C=O) groups is 1. The van der Waals surface area contributed by atoms with Crippen molar-refractivity contribution >= 4 is 17.7 Å². The van der Waals surface area contributed by atoms with Gasteiger partial charge < -0.3 is 14.8 Å². The summed E-state index contributed by atoms with van der Waals surface area (Å²) in [6, 6.07) is 13.0. The summed E-state index contributed by atoms with van der Waals surface area (Å²) in [6.07, 6.45) is 1.54. The Labute approximate surface area is 160 Å². The number of anilines is 1. The van der Waals surface area contributed by atoms with Crippen LogP contribution in [-0.2, 0) is 4.79 Å². The van der Waals surface area contributed by atoms with E-state index in [1.165, 1.54) is 6.08 Å². The minimum absolute atomic E-state index is 0.0154. The number of aryl methyl sites for hydroxylation is 2. The molecule has 0 heterocycles. The number of hydrogen-bond acceptors (Lipinski definition) is 4. The summed E-state index contributed by atoms with van der Waals surface area (Å²) < 4.78 is 11.1. The van der Waals surface area contributed by atoms with E-state index in [-0.39, 0.29) is 5.57 Å². The zero-order valence-corrected chi connectivity index (χ0v) is 16.1. The number of carbonyl (C=O) groups excluding carboxylic acids is 1. The maximum absolute atomic E-state index is 12.5. The van der Waals surface area contributed by atoms with Crippen LogP contribution in [0.3, 0.4) is 0 Å². The van der Waals surface area contributed by atoms with E-state index in [0.717, 1.165) is 11.1 Å². The molecule has 0 radical (unpaired) electrons. The fraction of sp³-hybridized carbons (Fsp3) is 0.273. The predicted molar refractivity (Wildman–Crippen MR) is 107 cm³/mol. The second-order valence-corrected chi connectivity index (χ2v) is 6.01. The van der Waals surface area contributed by atoms with Gasteiger partial charge >= 0.3 is 0 Å². The van der Waals surface area contributed by atoms with Gasteiger partial charge in [-0.1, -0.05) is 23.8 Å². The molecule has 0 bridgehead atoms. The molecule has 2 rings (SSSR count). The molecular weight excluding hydrogens is 340 g/mol. The molecule has 1 N–H and O–H groups in total. The standard InChI is InChI=1S/C22H24N2O3/c1-5-26-20-10-8-17(13-21(20)27-6-2)12-18(14-23)22(25)24-19-9-7-15(3)11-16(19)4/h7-13H,5-6H2,1-4H3,(H,24,25)/b18-12-. The molecule has 2 aromatic rings. The summed E-state index contributed by atoms with van der Waals surface area (Å²) >= 11 is 0. The molecule has 0 fully saturated rings. The van der Waals surface area contributed by atoms with Crippen LogP contribution in [-0.4, -0.2) is 19.1 Å². The number of ether oxygens (including phenoxy) is 2. The van der Waals surface area contributed by atoms with Gasteiger partial charge in [-0.15, -0.1) is 0 Å². The molecule has 0 aliphatic heterocycles. The number of nitrogens with one attached hydrogen (secondary N) is 1. The van der Waals surface area contributed by atoms with Crippen molar-refractivity contribution in [1.82, 2.24) is 0 Å². The van der Waals surface area contributed by atoms with Crippen LogP contribution in [0.15, 0.2) is 42.0 Å². The van der Waals surface area contributed by atoms with Crippen molar-refractivity contribution in [2.75, 3.05) is 18.5 Å². The van der Waals surface area contributed by atoms with E-state index in [2.05, 4.69) is 5.32 Å². The first-order valence-electron chi connectivity index (χ1n) is 8.88. The third-order valence-electron chi connectivity index (χ3n) is 3.87. The van der Waals surface area contributed by atoms with Crippen LogP contribution in [0.5, 0.6) is 11.5 Å². The zero-order chi connectivity index (χ0) is 19.8. The Morgan fingerprint density at radius 2 is 1.78 bits per heavy atom. The molecule has 1 amide bonds. The molecule has 2 aromatic carbocycles. The molecule has 5 nitrogen and oxygen atoms in total. The van der Waals surface area contributed by atoms with Crippen molar-refractivity contribution < 1.29 is 14.3 Å². The first kappa shape index (κ1) is 20.1. The predicted octanol–water partition coefficient (Wildman–Crippen LogP) is 4.65. The first-order chi connectivity index (χ1) is 13.0. The summed E-state index contributed by atoms with van der Waals surface area (Å²) in [4.78, 5) is 12.5. The van der Waals surface area contributed by atoms with Crippen LogP contribution >= 0.6 is 0 Å². The van der Waals surface area contributed by atoms with Crippen molar-refractivity contribution in [2.45, 2.75) is 27.7 Å². The molecule has 0 aromatic heterocycles. The number of nitrogens with zero attached hydrogens (tertiary/aromatic N) is 1. The van der Waals surface area contributed by atoms with Crippen LogP contribution in [0.2, 0.25) is 0 Å². The monoisotopic (exact) mass is 364 g/mol. The van der Waals surface area contributed by atoms with E-state index in [1.807, 2.05) is 52.0 Å². The molecule has 27 heavy (non-hydrogen) atoms. The Kier molecular flexibility index (Phi) is 7.01. The third kappa shape index (κ3) is 5.35. The van der Waals surface area contributed by atoms with E-state index in [9.17, 15) is 10.1 Å². The largest absolute Gasteiger partial charge is 0.490 e. The van der Waals surface area contributed by atoms with Crippen LogP contribution in [0, 0.1) is 25.2 Å². The normalized spacial score (nSPS) is 10.9. The van der Waals surface area contributed by atoms with Crippen molar-refractivity contribution in [2.24, 2.45) is 0 Å². The third-order valence-corrected chi connectivity index (χ3v) is 3.87. The van der Waals surface area contributed by atoms with E-state index >= 15 is 0 Å². The van der Waals surface area contributed by atoms with Gasteiger partial charge in [-0.05, 0) is 63.1 Å². The molecule has 0 spiro atoms. The minimum atomic E-state index is -0.448. The van der Waals surface area contributed by atoms with Crippen LogP contribution < -0.4 is 14.8 Å². The molecule has 0 aliphatic rings. The van der Waals surface area contributed by atoms with Gasteiger partial charge in [-0.3, -0.25) is 4.79 Å². The maximum Gasteiger partial charge on any atom is 0.266 e. The van der Waals surface area contributed by atoms with E-state index in [4.69, 9.17) is 9.47 Å². The van der Waals surface area contributed by atoms with Gasteiger partial charge in [-0.2, -0.15) is 5.26 Å². The van der Waals surface area contributed by atoms with Gasteiger partial charge in [-0.25, -0.2) is 0 Å². The summed E-state index contributed by atoms with van der Waals surface area (Å²) in [7, 11) is 0. The lowest BCUT2D eigenvalue weighted by Crippen LogP contribution is -2.14. The Morgan fingerprint density at radius 3 is 2.41 bits per heavy atom. The molecular formula is C22H24N2O3. The van der Waals surface area contributed by atoms with Gasteiger partial charge in [0.25, 0.3) is 5.91 Å². The Balaban J connectivity index is 2.27. The fourth-order valence-electron chi connectivity index (χ4n) is 2.62. The SMILES string of the molecule is CCOc1ccc(/C=C(/C#N)C(=O)Nc2ccc(C)cc2C)cc1OCC. The molecule has 0 unspecified atom stereocenters. The molecule has 0 saturated carbocycles. The topological polar surface area (TPSA) is 71.3 Å². The maximum atomic E-state index is 12.5. The smallest absolute Gasteiger partial charge is 0.266 e. The second kappa shape index (κ2) is 9.44. The number of amides is 1. The van der Waals surface area contributed by atoms with Crippen molar-refractivity contribution in [3.05, 3.63) is 58.7 Å². The minimum Gasteiger partial charge on any atom is -0.490 e. The lowest BCUT2D eigenvalue weighted by Gasteiger charge is -2.11. The van der Waals surface area contributed by atoms with E-state index in [0.29, 0.717) is 36.0 Å². The molecule has 0 aliphatic carbocycles. The number of benzene rings is 2. The summed E-state index contributed by atoms with van der Waals surface area (Å²) in [5, 5.41) is 12.2. The second-order valence-electron chi connectivity index (χ2n) is 6.01. The highest BCUT2D eigenvalue weighted by Crippen LogP contribution is 2.29. The summed E-state index contributed by atoms with van der Waals surface area (Å²) in [6.45, 7) is 8.70. The van der Waals surface area contributed by atoms with Crippen molar-refractivity contribution in [1.29, 1.82) is 5.26 Å². The molecule has 0 saturated heterocycles. The average Bonchev–Trinajstić information content (AvgIpc) is 2.64. The Morgan fingerprint density at radius 1 is 1.07 bits per heavy atom. The summed E-state index contributed by atoms with van der Waals surface area (Å²) in [5.74, 6) is 0.770. The van der Waals surface area contributed by atoms with E-state index in [1.54, 1.807) is 18.2 Å². The molecule has 140 valence electrons. The highest BCUT2D eigenvalue weighted by molar-refractivity contribution is 6.10. The number of hydrogen-bond donors (Lipinski definition) is 1. The highest BCUT2D eigenvalue weighted by atomic mass is 16.5. The highest BCUT2D eigenvalue weighted by Gasteiger charge is 2.12. The fourth-order valence-corrected chi connectivity index (χ4v) is 2.62. The van der Waals surface area contributed by atoms with E-state index < -0.39 is 5.91 Å². The lowest BCUT2D eigenvalue weighted by atomic mass is 10.1. The van der Waals surface area contributed by atoms with Gasteiger partial charge in [0.2, 0.25) is 0 Å². The van der Waals surface area contributed by atoms with Crippen LogP contribution in [0.1, 0.15) is 30.5 Å². The first-order valence-corrected chi connectivity index (χ1v) is 8.88. The average molecular weight is 364 g/mol. The van der Waals surface area contributed by atoms with Crippen molar-refractivity contribution in [3.8, 4) is 17.6 Å². The van der Waals surface area contributed by atoms with Crippen LogP contribution in [0.25, 0.3) is 6.08 Å². The molecule has 5 heteroatoms. The van der Waals surface area contributed by atoms with Gasteiger partial charge in [0, 0.05) is 5.69 Å². The lowest BCUT2D eigenvalue weighted by molar-refractivity contribution is -0.112. The van der Waals surface area contributed by atoms with Crippen LogP contribution in [0.4, 0.5) is 5.69 Å². The quantitative estimate of drug-likeness (QED) is 0.573. The Hall–Kier alpha value is -3.26. The number of nitriles is 1. The number of rotatable bonds is 7. The summed E-state index contributed by atoms with van der Waals surface area (Å²) in [5.41, 5.74) is 3.45. The van der Waals surface area contributed by atoms with Gasteiger partial charge in [0.05, 0.1) is 13.2 Å². The van der Waals surface area contributed by atoms with Gasteiger partial charge in [0.15, 0.2) is 11.5 Å². The zero-order valence-electron chi connectivity index (χ0n) is 16.1.